The quantitative estimate of drug-likeness (QED) is 0.833. The van der Waals surface area contributed by atoms with Crippen molar-refractivity contribution in [2.45, 2.75) is 27.3 Å². The van der Waals surface area contributed by atoms with E-state index < -0.39 is 5.97 Å². The number of nitrogens with one attached hydrogen (secondary N) is 2. The van der Waals surface area contributed by atoms with E-state index in [1.54, 1.807) is 32.9 Å². The molecule has 5 nitrogen and oxygen atoms in total. The summed E-state index contributed by atoms with van der Waals surface area (Å²) in [5.74, 6) is -1.10. The molecule has 0 aliphatic heterocycles. The Morgan fingerprint density at radius 2 is 1.87 bits per heavy atom. The smallest absolute Gasteiger partial charge is 0.340 e. The monoisotopic (exact) mass is 318 g/mol. The van der Waals surface area contributed by atoms with Gasteiger partial charge in [0.2, 0.25) is 0 Å². The number of aromatic amines is 1. The molecule has 1 aromatic heterocycles. The Kier molecular flexibility index (Phi) is 5.16. The van der Waals surface area contributed by atoms with Crippen molar-refractivity contribution in [1.29, 1.82) is 0 Å². The Morgan fingerprint density at radius 1 is 1.22 bits per heavy atom. The highest BCUT2D eigenvalue weighted by Crippen LogP contribution is 2.19. The second-order valence-electron chi connectivity index (χ2n) is 5.15. The van der Waals surface area contributed by atoms with Gasteiger partial charge in [-0.2, -0.15) is 0 Å². The van der Waals surface area contributed by atoms with Gasteiger partial charge in [-0.1, -0.05) is 12.1 Å². The molecule has 0 unspecified atom stereocenters. The number of aryl methyl sites for hydroxylation is 1. The van der Waals surface area contributed by atoms with Crippen LogP contribution >= 0.6 is 0 Å². The van der Waals surface area contributed by atoms with E-state index in [-0.39, 0.29) is 24.9 Å². The van der Waals surface area contributed by atoms with E-state index in [2.05, 4.69) is 10.3 Å². The summed E-state index contributed by atoms with van der Waals surface area (Å²) in [4.78, 5) is 27.1. The lowest BCUT2D eigenvalue weighted by atomic mass is 10.1. The molecule has 0 aliphatic rings. The average molecular weight is 318 g/mol. The molecular weight excluding hydrogens is 299 g/mol. The number of hydrogen-bond donors (Lipinski definition) is 2. The predicted molar refractivity (Wildman–Crippen MR) is 83.8 cm³/mol. The number of carbonyl (C=O) groups is 2. The van der Waals surface area contributed by atoms with Gasteiger partial charge >= 0.3 is 5.97 Å². The molecule has 0 radical (unpaired) electrons. The van der Waals surface area contributed by atoms with Crippen LogP contribution in [0.3, 0.4) is 0 Å². The molecule has 2 rings (SSSR count). The van der Waals surface area contributed by atoms with Gasteiger partial charge in [0.25, 0.3) is 5.91 Å². The Labute approximate surface area is 133 Å². The highest BCUT2D eigenvalue weighted by Gasteiger charge is 2.22. The average Bonchev–Trinajstić information content (AvgIpc) is 2.81. The van der Waals surface area contributed by atoms with Crippen LogP contribution in [0.15, 0.2) is 24.3 Å². The van der Waals surface area contributed by atoms with Crippen molar-refractivity contribution >= 4 is 11.9 Å². The van der Waals surface area contributed by atoms with Gasteiger partial charge < -0.3 is 15.0 Å². The van der Waals surface area contributed by atoms with E-state index in [4.69, 9.17) is 4.74 Å². The van der Waals surface area contributed by atoms with Gasteiger partial charge in [0.1, 0.15) is 11.5 Å². The highest BCUT2D eigenvalue weighted by atomic mass is 19.1. The zero-order valence-electron chi connectivity index (χ0n) is 13.3. The molecule has 23 heavy (non-hydrogen) atoms. The highest BCUT2D eigenvalue weighted by molar-refractivity contribution is 6.00. The third-order valence-electron chi connectivity index (χ3n) is 3.51. The summed E-state index contributed by atoms with van der Waals surface area (Å²) in [6, 6.07) is 5.88. The molecule has 0 bridgehead atoms. The van der Waals surface area contributed by atoms with Crippen LogP contribution in [0.5, 0.6) is 0 Å². The molecule has 6 heteroatoms. The van der Waals surface area contributed by atoms with E-state index in [0.717, 1.165) is 5.56 Å². The molecule has 1 aromatic carbocycles. The molecule has 0 saturated carbocycles. The van der Waals surface area contributed by atoms with E-state index >= 15 is 0 Å². The standard InChI is InChI=1S/C17H19FN2O3/c1-4-23-17(22)14-10(2)15(20-11(14)3)16(21)19-9-12-5-7-13(18)8-6-12/h5-8,20H,4,9H2,1-3H3,(H,19,21). The van der Waals surface area contributed by atoms with Crippen molar-refractivity contribution in [3.8, 4) is 0 Å². The first kappa shape index (κ1) is 16.7. The zero-order valence-corrected chi connectivity index (χ0v) is 13.3. The number of H-pyrrole nitrogens is 1. The van der Waals surface area contributed by atoms with Crippen molar-refractivity contribution in [2.75, 3.05) is 6.61 Å². The first-order valence-electron chi connectivity index (χ1n) is 7.33. The van der Waals surface area contributed by atoms with Gasteiger partial charge in [-0.3, -0.25) is 4.79 Å². The maximum absolute atomic E-state index is 12.9. The molecule has 0 saturated heterocycles. The van der Waals surface area contributed by atoms with Gasteiger partial charge in [0, 0.05) is 12.2 Å². The Morgan fingerprint density at radius 3 is 2.48 bits per heavy atom. The molecular formula is C17H19FN2O3. The third-order valence-corrected chi connectivity index (χ3v) is 3.51. The number of aromatic nitrogens is 1. The van der Waals surface area contributed by atoms with Gasteiger partial charge in [-0.25, -0.2) is 9.18 Å². The summed E-state index contributed by atoms with van der Waals surface area (Å²) in [5.41, 5.74) is 2.64. The van der Waals surface area contributed by atoms with Gasteiger partial charge in [-0.05, 0) is 44.0 Å². The van der Waals surface area contributed by atoms with E-state index in [0.29, 0.717) is 22.5 Å². The van der Waals surface area contributed by atoms with E-state index in [9.17, 15) is 14.0 Å². The summed E-state index contributed by atoms with van der Waals surface area (Å²) < 4.78 is 17.8. The zero-order chi connectivity index (χ0) is 17.0. The number of rotatable bonds is 5. The molecule has 0 fully saturated rings. The summed E-state index contributed by atoms with van der Waals surface area (Å²) in [5, 5.41) is 2.74. The second kappa shape index (κ2) is 7.09. The number of hydrogen-bond acceptors (Lipinski definition) is 3. The van der Waals surface area contributed by atoms with Crippen molar-refractivity contribution in [3.05, 3.63) is 58.2 Å². The SMILES string of the molecule is CCOC(=O)c1c(C)[nH]c(C(=O)NCc2ccc(F)cc2)c1C. The summed E-state index contributed by atoms with van der Waals surface area (Å²) in [6.45, 7) is 5.68. The first-order valence-corrected chi connectivity index (χ1v) is 7.33. The normalized spacial score (nSPS) is 10.4. The van der Waals surface area contributed by atoms with Gasteiger partial charge in [0.05, 0.1) is 12.2 Å². The number of amides is 1. The lowest BCUT2D eigenvalue weighted by molar-refractivity contribution is 0.0525. The maximum atomic E-state index is 12.9. The van der Waals surface area contributed by atoms with Crippen LogP contribution in [0.25, 0.3) is 0 Å². The van der Waals surface area contributed by atoms with Crippen molar-refractivity contribution < 1.29 is 18.7 Å². The molecule has 0 aliphatic carbocycles. The second-order valence-corrected chi connectivity index (χ2v) is 5.15. The van der Waals surface area contributed by atoms with Gasteiger partial charge in [-0.15, -0.1) is 0 Å². The summed E-state index contributed by atoms with van der Waals surface area (Å²) in [6.07, 6.45) is 0. The minimum Gasteiger partial charge on any atom is -0.462 e. The van der Waals surface area contributed by atoms with Crippen LogP contribution in [-0.4, -0.2) is 23.5 Å². The Bertz CT molecular complexity index is 720. The first-order chi connectivity index (χ1) is 10.9. The van der Waals surface area contributed by atoms with Crippen LogP contribution in [0, 0.1) is 19.7 Å². The molecule has 0 atom stereocenters. The maximum Gasteiger partial charge on any atom is 0.340 e. The lowest BCUT2D eigenvalue weighted by Gasteiger charge is -2.05. The fourth-order valence-electron chi connectivity index (χ4n) is 2.36. The fourth-order valence-corrected chi connectivity index (χ4v) is 2.36. The Balaban J connectivity index is 2.12. The van der Waals surface area contributed by atoms with Crippen LogP contribution in [-0.2, 0) is 11.3 Å². The fraction of sp³-hybridized carbons (Fsp3) is 0.294. The number of halogens is 1. The molecule has 1 amide bonds. The number of ether oxygens (including phenoxy) is 1. The van der Waals surface area contributed by atoms with Crippen LogP contribution in [0.4, 0.5) is 4.39 Å². The summed E-state index contributed by atoms with van der Waals surface area (Å²) in [7, 11) is 0. The molecule has 2 aromatic rings. The molecule has 2 N–H and O–H groups in total. The van der Waals surface area contributed by atoms with Crippen LogP contribution < -0.4 is 5.32 Å². The topological polar surface area (TPSA) is 71.2 Å². The number of esters is 1. The minimum absolute atomic E-state index is 0.269. The largest absolute Gasteiger partial charge is 0.462 e. The van der Waals surface area contributed by atoms with E-state index in [1.165, 1.54) is 12.1 Å². The van der Waals surface area contributed by atoms with Crippen molar-refractivity contribution in [2.24, 2.45) is 0 Å². The predicted octanol–water partition coefficient (Wildman–Crippen LogP) is 2.88. The number of benzene rings is 1. The van der Waals surface area contributed by atoms with Crippen molar-refractivity contribution in [1.82, 2.24) is 10.3 Å². The van der Waals surface area contributed by atoms with Crippen molar-refractivity contribution in [3.63, 3.8) is 0 Å². The Hall–Kier alpha value is -2.63. The van der Waals surface area contributed by atoms with E-state index in [1.807, 2.05) is 0 Å². The molecule has 1 heterocycles. The third kappa shape index (κ3) is 3.77. The number of carbonyl (C=O) groups excluding carboxylic acids is 2. The lowest BCUT2D eigenvalue weighted by Crippen LogP contribution is -2.24. The van der Waals surface area contributed by atoms with Crippen LogP contribution in [0.2, 0.25) is 0 Å². The van der Waals surface area contributed by atoms with Crippen LogP contribution in [0.1, 0.15) is 44.6 Å². The minimum atomic E-state index is -0.448. The molecule has 0 spiro atoms. The summed E-state index contributed by atoms with van der Waals surface area (Å²) >= 11 is 0. The molecule has 122 valence electrons. The van der Waals surface area contributed by atoms with Gasteiger partial charge in [0.15, 0.2) is 0 Å².